The zero-order chi connectivity index (χ0) is 14.4. The summed E-state index contributed by atoms with van der Waals surface area (Å²) in [5.41, 5.74) is 0.172. The number of nitrogens with zero attached hydrogens (tertiary/aromatic N) is 2. The van der Waals surface area contributed by atoms with Gasteiger partial charge < -0.3 is 15.3 Å². The van der Waals surface area contributed by atoms with Gasteiger partial charge >= 0.3 is 0 Å². The molecule has 1 aliphatic heterocycles. The number of piperidine rings is 1. The molecule has 1 saturated heterocycles. The van der Waals surface area contributed by atoms with Crippen LogP contribution in [0.3, 0.4) is 0 Å². The lowest BCUT2D eigenvalue weighted by Crippen LogP contribution is -2.37. The summed E-state index contributed by atoms with van der Waals surface area (Å²) in [6.45, 7) is 1.91. The number of aromatic hydroxyl groups is 1. The van der Waals surface area contributed by atoms with E-state index in [4.69, 9.17) is 0 Å². The molecule has 0 saturated carbocycles. The molecule has 1 aliphatic rings. The number of likely N-dealkylation sites (tertiary alicyclic amines) is 1. The molecule has 0 radical (unpaired) electrons. The quantitative estimate of drug-likeness (QED) is 0.857. The first-order valence-electron chi connectivity index (χ1n) is 6.87. The van der Waals surface area contributed by atoms with Gasteiger partial charge in [-0.1, -0.05) is 0 Å². The molecular weight excluding hydrogens is 258 g/mol. The van der Waals surface area contributed by atoms with E-state index in [0.717, 1.165) is 25.9 Å². The van der Waals surface area contributed by atoms with Gasteiger partial charge in [-0.05, 0) is 25.3 Å². The van der Waals surface area contributed by atoms with Crippen molar-refractivity contribution in [2.45, 2.75) is 25.7 Å². The summed E-state index contributed by atoms with van der Waals surface area (Å²) in [5, 5.41) is 12.1. The summed E-state index contributed by atoms with van der Waals surface area (Å²) < 4.78 is 0. The maximum atomic E-state index is 11.9. The monoisotopic (exact) mass is 277 g/mol. The predicted molar refractivity (Wildman–Crippen MR) is 73.3 cm³/mol. The first kappa shape index (κ1) is 14.3. The normalized spacial score (nSPS) is 14.9. The lowest BCUT2D eigenvalue weighted by Gasteiger charge is -2.26. The molecule has 1 aromatic rings. The van der Waals surface area contributed by atoms with Crippen molar-refractivity contribution in [3.8, 4) is 5.75 Å². The van der Waals surface area contributed by atoms with E-state index in [1.54, 1.807) is 0 Å². The molecule has 108 valence electrons. The molecule has 1 fully saturated rings. The lowest BCUT2D eigenvalue weighted by atomic mass is 10.1. The van der Waals surface area contributed by atoms with E-state index in [1.807, 2.05) is 4.90 Å². The Kier molecular flexibility index (Phi) is 4.92. The molecule has 0 unspecified atom stereocenters. The molecule has 1 aromatic heterocycles. The van der Waals surface area contributed by atoms with Gasteiger partial charge in [0.15, 0.2) is 0 Å². The largest absolute Gasteiger partial charge is 0.505 e. The van der Waals surface area contributed by atoms with E-state index in [1.165, 1.54) is 24.9 Å². The Hall–Kier alpha value is -2.11. The number of rotatable bonds is 4. The van der Waals surface area contributed by atoms with Crippen LogP contribution in [-0.2, 0) is 4.79 Å². The summed E-state index contributed by atoms with van der Waals surface area (Å²) in [6, 6.07) is 1.44. The third kappa shape index (κ3) is 3.69. The molecule has 2 heterocycles. The van der Waals surface area contributed by atoms with Gasteiger partial charge in [-0.2, -0.15) is 0 Å². The Balaban J connectivity index is 1.76. The van der Waals surface area contributed by atoms with Gasteiger partial charge in [-0.25, -0.2) is 0 Å². The third-order valence-corrected chi connectivity index (χ3v) is 3.38. The summed E-state index contributed by atoms with van der Waals surface area (Å²) in [5.74, 6) is -0.479. The fourth-order valence-electron chi connectivity index (χ4n) is 2.26. The van der Waals surface area contributed by atoms with E-state index < -0.39 is 5.91 Å². The van der Waals surface area contributed by atoms with Crippen molar-refractivity contribution in [3.05, 3.63) is 24.0 Å². The molecule has 0 aliphatic carbocycles. The molecular formula is C14H19N3O3. The zero-order valence-corrected chi connectivity index (χ0v) is 11.3. The van der Waals surface area contributed by atoms with Crippen LogP contribution in [0.25, 0.3) is 0 Å². The van der Waals surface area contributed by atoms with Crippen LogP contribution in [0, 0.1) is 0 Å². The van der Waals surface area contributed by atoms with Gasteiger partial charge in [0, 0.05) is 32.3 Å². The molecule has 6 heteroatoms. The minimum absolute atomic E-state index is 0.0731. The Morgan fingerprint density at radius 1 is 1.30 bits per heavy atom. The van der Waals surface area contributed by atoms with Gasteiger partial charge in [-0.15, -0.1) is 0 Å². The van der Waals surface area contributed by atoms with Gasteiger partial charge in [0.05, 0.1) is 11.8 Å². The van der Waals surface area contributed by atoms with Crippen LogP contribution in [0.2, 0.25) is 0 Å². The number of hydrogen-bond donors (Lipinski definition) is 2. The van der Waals surface area contributed by atoms with Gasteiger partial charge in [-0.3, -0.25) is 14.6 Å². The Morgan fingerprint density at radius 2 is 2.05 bits per heavy atom. The molecule has 2 rings (SSSR count). The fraction of sp³-hybridized carbons (Fsp3) is 0.500. The molecule has 2 amide bonds. The second-order valence-corrected chi connectivity index (χ2v) is 4.84. The van der Waals surface area contributed by atoms with Crippen molar-refractivity contribution in [1.82, 2.24) is 15.2 Å². The zero-order valence-electron chi connectivity index (χ0n) is 11.3. The summed E-state index contributed by atoms with van der Waals surface area (Å²) >= 11 is 0. The minimum Gasteiger partial charge on any atom is -0.505 e. The number of carbonyl (C=O) groups is 2. The summed E-state index contributed by atoms with van der Waals surface area (Å²) in [7, 11) is 0. The SMILES string of the molecule is O=C(NCCC(=O)N1CCCCC1)c1ccncc1O. The number of aromatic nitrogens is 1. The van der Waals surface area contributed by atoms with Crippen molar-refractivity contribution < 1.29 is 14.7 Å². The first-order valence-corrected chi connectivity index (χ1v) is 6.87. The molecule has 0 aromatic carbocycles. The third-order valence-electron chi connectivity index (χ3n) is 3.38. The average molecular weight is 277 g/mol. The molecule has 0 bridgehead atoms. The highest BCUT2D eigenvalue weighted by molar-refractivity contribution is 5.96. The topological polar surface area (TPSA) is 82.5 Å². The highest BCUT2D eigenvalue weighted by Crippen LogP contribution is 2.13. The standard InChI is InChI=1S/C14H19N3O3/c18-12-10-15-6-4-11(12)14(20)16-7-5-13(19)17-8-2-1-3-9-17/h4,6,10,18H,1-3,5,7-9H2,(H,16,20). The molecule has 20 heavy (non-hydrogen) atoms. The van der Waals surface area contributed by atoms with Crippen LogP contribution in [0.15, 0.2) is 18.5 Å². The number of pyridine rings is 1. The fourth-order valence-corrected chi connectivity index (χ4v) is 2.26. The highest BCUT2D eigenvalue weighted by Gasteiger charge is 2.16. The molecule has 0 spiro atoms. The van der Waals surface area contributed by atoms with Crippen LogP contribution < -0.4 is 5.32 Å². The van der Waals surface area contributed by atoms with Crippen molar-refractivity contribution >= 4 is 11.8 Å². The van der Waals surface area contributed by atoms with Crippen LogP contribution in [0.1, 0.15) is 36.0 Å². The molecule has 6 nitrogen and oxygen atoms in total. The second-order valence-electron chi connectivity index (χ2n) is 4.84. The smallest absolute Gasteiger partial charge is 0.255 e. The highest BCUT2D eigenvalue weighted by atomic mass is 16.3. The van der Waals surface area contributed by atoms with Gasteiger partial charge in [0.2, 0.25) is 5.91 Å². The number of hydrogen-bond acceptors (Lipinski definition) is 4. The predicted octanol–water partition coefficient (Wildman–Crippen LogP) is 0.920. The Bertz CT molecular complexity index is 484. The van der Waals surface area contributed by atoms with Gasteiger partial charge in [0.25, 0.3) is 5.91 Å². The van der Waals surface area contributed by atoms with E-state index >= 15 is 0 Å². The summed E-state index contributed by atoms with van der Waals surface area (Å²) in [4.78, 5) is 29.3. The number of amides is 2. The number of nitrogens with one attached hydrogen (secondary N) is 1. The van der Waals surface area contributed by atoms with Crippen LogP contribution in [0.5, 0.6) is 5.75 Å². The maximum absolute atomic E-state index is 11.9. The van der Waals surface area contributed by atoms with Crippen LogP contribution in [0.4, 0.5) is 0 Å². The van der Waals surface area contributed by atoms with Gasteiger partial charge in [0.1, 0.15) is 5.75 Å². The molecule has 2 N–H and O–H groups in total. The molecule has 0 atom stereocenters. The second kappa shape index (κ2) is 6.88. The Morgan fingerprint density at radius 3 is 2.75 bits per heavy atom. The number of carbonyl (C=O) groups excluding carboxylic acids is 2. The van der Waals surface area contributed by atoms with Crippen molar-refractivity contribution in [1.29, 1.82) is 0 Å². The van der Waals surface area contributed by atoms with Crippen LogP contribution >= 0.6 is 0 Å². The minimum atomic E-state index is -0.392. The van der Waals surface area contributed by atoms with E-state index in [0.29, 0.717) is 0 Å². The Labute approximate surface area is 117 Å². The van der Waals surface area contributed by atoms with Crippen LogP contribution in [-0.4, -0.2) is 46.4 Å². The summed E-state index contributed by atoms with van der Waals surface area (Å²) in [6.07, 6.45) is 6.24. The van der Waals surface area contributed by atoms with Crippen molar-refractivity contribution in [2.24, 2.45) is 0 Å². The maximum Gasteiger partial charge on any atom is 0.255 e. The van der Waals surface area contributed by atoms with E-state index in [9.17, 15) is 14.7 Å². The lowest BCUT2D eigenvalue weighted by molar-refractivity contribution is -0.131. The van der Waals surface area contributed by atoms with Crippen molar-refractivity contribution in [2.75, 3.05) is 19.6 Å². The average Bonchev–Trinajstić information content (AvgIpc) is 2.48. The van der Waals surface area contributed by atoms with E-state index in [2.05, 4.69) is 10.3 Å². The first-order chi connectivity index (χ1) is 9.68. The van der Waals surface area contributed by atoms with E-state index in [-0.39, 0.29) is 30.2 Å². The van der Waals surface area contributed by atoms with Crippen molar-refractivity contribution in [3.63, 3.8) is 0 Å².